The van der Waals surface area contributed by atoms with Crippen molar-refractivity contribution < 1.29 is 19.1 Å². The Hall–Kier alpha value is -1.44. The van der Waals surface area contributed by atoms with E-state index < -0.39 is 12.0 Å². The molecule has 0 bridgehead atoms. The van der Waals surface area contributed by atoms with Crippen LogP contribution in [0, 0.1) is 6.92 Å². The molecule has 0 aliphatic heterocycles. The molecule has 0 spiro atoms. The summed E-state index contributed by atoms with van der Waals surface area (Å²) in [5.74, 6) is -0.747. The molecular weight excluding hydrogens is 292 g/mol. The molecule has 1 aromatic heterocycles. The molecule has 0 saturated heterocycles. The topological polar surface area (TPSA) is 90.7 Å². The number of anilines is 1. The van der Waals surface area contributed by atoms with Crippen LogP contribution >= 0.6 is 11.3 Å². The third-order valence-electron chi connectivity index (χ3n) is 2.79. The number of amides is 1. The Balaban J connectivity index is 2.69. The van der Waals surface area contributed by atoms with E-state index in [2.05, 4.69) is 5.32 Å². The number of esters is 1. The lowest BCUT2D eigenvalue weighted by molar-refractivity contribution is -0.117. The zero-order valence-electron chi connectivity index (χ0n) is 12.6. The molecule has 1 heterocycles. The van der Waals surface area contributed by atoms with E-state index in [0.717, 1.165) is 4.88 Å². The fraction of sp³-hybridized carbons (Fsp3) is 0.571. The van der Waals surface area contributed by atoms with Crippen LogP contribution in [0.25, 0.3) is 0 Å². The van der Waals surface area contributed by atoms with E-state index in [4.69, 9.17) is 15.2 Å². The highest BCUT2D eigenvalue weighted by Gasteiger charge is 2.20. The van der Waals surface area contributed by atoms with Crippen molar-refractivity contribution >= 4 is 28.2 Å². The summed E-state index contributed by atoms with van der Waals surface area (Å²) in [5.41, 5.74) is 6.19. The number of carbonyl (C=O) groups excluding carboxylic acids is 2. The second-order valence-electron chi connectivity index (χ2n) is 4.55. The molecule has 1 rings (SSSR count). The van der Waals surface area contributed by atoms with Crippen molar-refractivity contribution in [2.24, 2.45) is 5.73 Å². The van der Waals surface area contributed by atoms with E-state index in [1.165, 1.54) is 11.3 Å². The molecule has 3 N–H and O–H groups in total. The molecule has 0 aromatic carbocycles. The SMILES string of the molecule is CCOC(=O)c1cc(C)sc1NC(=O)C(N)CCCOC. The van der Waals surface area contributed by atoms with Crippen molar-refractivity contribution in [3.63, 3.8) is 0 Å². The minimum Gasteiger partial charge on any atom is -0.462 e. The van der Waals surface area contributed by atoms with Crippen LogP contribution in [0.15, 0.2) is 6.07 Å². The maximum Gasteiger partial charge on any atom is 0.341 e. The van der Waals surface area contributed by atoms with Crippen molar-refractivity contribution in [1.82, 2.24) is 0 Å². The maximum atomic E-state index is 12.0. The quantitative estimate of drug-likeness (QED) is 0.565. The average molecular weight is 314 g/mol. The number of aryl methyl sites for hydroxylation is 1. The van der Waals surface area contributed by atoms with Gasteiger partial charge in [0, 0.05) is 18.6 Å². The number of carbonyl (C=O) groups is 2. The highest BCUT2D eigenvalue weighted by Crippen LogP contribution is 2.28. The van der Waals surface area contributed by atoms with Gasteiger partial charge in [-0.1, -0.05) is 0 Å². The molecule has 1 aromatic rings. The molecule has 1 unspecified atom stereocenters. The first-order chi connectivity index (χ1) is 9.99. The summed E-state index contributed by atoms with van der Waals surface area (Å²) in [6.07, 6.45) is 1.23. The minimum atomic E-state index is -0.627. The van der Waals surface area contributed by atoms with Gasteiger partial charge in [-0.25, -0.2) is 4.79 Å². The Morgan fingerprint density at radius 2 is 2.19 bits per heavy atom. The van der Waals surface area contributed by atoms with Crippen LogP contribution in [0.1, 0.15) is 35.0 Å². The van der Waals surface area contributed by atoms with Gasteiger partial charge in [0.25, 0.3) is 0 Å². The molecule has 6 nitrogen and oxygen atoms in total. The van der Waals surface area contributed by atoms with Gasteiger partial charge in [0.15, 0.2) is 0 Å². The first-order valence-electron chi connectivity index (χ1n) is 6.82. The summed E-state index contributed by atoms with van der Waals surface area (Å²) in [6, 6.07) is 1.08. The van der Waals surface area contributed by atoms with Gasteiger partial charge in [0.05, 0.1) is 18.2 Å². The van der Waals surface area contributed by atoms with E-state index in [-0.39, 0.29) is 12.5 Å². The van der Waals surface area contributed by atoms with Gasteiger partial charge in [-0.3, -0.25) is 4.79 Å². The number of thiophene rings is 1. The maximum absolute atomic E-state index is 12.0. The van der Waals surface area contributed by atoms with Gasteiger partial charge in [-0.2, -0.15) is 0 Å². The summed E-state index contributed by atoms with van der Waals surface area (Å²) in [5, 5.41) is 3.19. The summed E-state index contributed by atoms with van der Waals surface area (Å²) < 4.78 is 9.90. The lowest BCUT2D eigenvalue weighted by Crippen LogP contribution is -2.35. The fourth-order valence-corrected chi connectivity index (χ4v) is 2.65. The number of nitrogens with two attached hydrogens (primary N) is 1. The predicted molar refractivity (Wildman–Crippen MR) is 82.7 cm³/mol. The summed E-state index contributed by atoms with van der Waals surface area (Å²) in [4.78, 5) is 24.8. The van der Waals surface area contributed by atoms with Crippen LogP contribution in [-0.2, 0) is 14.3 Å². The van der Waals surface area contributed by atoms with Gasteiger partial charge in [-0.05, 0) is 32.8 Å². The Morgan fingerprint density at radius 3 is 2.81 bits per heavy atom. The standard InChI is InChI=1S/C14H22N2O4S/c1-4-20-14(18)10-8-9(2)21-13(10)16-12(17)11(15)6-5-7-19-3/h8,11H,4-7,15H2,1-3H3,(H,16,17). The number of ether oxygens (including phenoxy) is 2. The third-order valence-corrected chi connectivity index (χ3v) is 3.75. The lowest BCUT2D eigenvalue weighted by Gasteiger charge is -2.12. The smallest absolute Gasteiger partial charge is 0.341 e. The van der Waals surface area contributed by atoms with Crippen molar-refractivity contribution in [2.75, 3.05) is 25.6 Å². The predicted octanol–water partition coefficient (Wildman–Crippen LogP) is 1.93. The van der Waals surface area contributed by atoms with Gasteiger partial charge >= 0.3 is 5.97 Å². The third kappa shape index (κ3) is 5.45. The molecule has 1 amide bonds. The van der Waals surface area contributed by atoms with Crippen LogP contribution in [0.4, 0.5) is 5.00 Å². The summed E-state index contributed by atoms with van der Waals surface area (Å²) in [7, 11) is 1.60. The fourth-order valence-electron chi connectivity index (χ4n) is 1.75. The Bertz CT molecular complexity index is 487. The van der Waals surface area contributed by atoms with E-state index in [1.807, 2.05) is 6.92 Å². The number of nitrogens with one attached hydrogen (secondary N) is 1. The van der Waals surface area contributed by atoms with Crippen LogP contribution < -0.4 is 11.1 Å². The molecule has 118 valence electrons. The van der Waals surface area contributed by atoms with Crippen molar-refractivity contribution in [3.05, 3.63) is 16.5 Å². The van der Waals surface area contributed by atoms with E-state index in [0.29, 0.717) is 30.0 Å². The molecule has 1 atom stereocenters. The molecule has 21 heavy (non-hydrogen) atoms. The van der Waals surface area contributed by atoms with Crippen molar-refractivity contribution in [2.45, 2.75) is 32.7 Å². The monoisotopic (exact) mass is 314 g/mol. The highest BCUT2D eigenvalue weighted by molar-refractivity contribution is 7.16. The van der Waals surface area contributed by atoms with E-state index >= 15 is 0 Å². The molecular formula is C14H22N2O4S. The second kappa shape index (κ2) is 8.76. The van der Waals surface area contributed by atoms with E-state index in [9.17, 15) is 9.59 Å². The second-order valence-corrected chi connectivity index (χ2v) is 5.81. The zero-order valence-corrected chi connectivity index (χ0v) is 13.4. The molecule has 0 saturated carbocycles. The van der Waals surface area contributed by atoms with Crippen LogP contribution in [0.3, 0.4) is 0 Å². The Kier molecular flexibility index (Phi) is 7.35. The van der Waals surface area contributed by atoms with Crippen LogP contribution in [0.5, 0.6) is 0 Å². The van der Waals surface area contributed by atoms with Crippen molar-refractivity contribution in [1.29, 1.82) is 0 Å². The number of hydrogen-bond donors (Lipinski definition) is 2. The van der Waals surface area contributed by atoms with Crippen molar-refractivity contribution in [3.8, 4) is 0 Å². The average Bonchev–Trinajstić information content (AvgIpc) is 2.80. The Labute approximate surface area is 128 Å². The van der Waals surface area contributed by atoms with Crippen LogP contribution in [0.2, 0.25) is 0 Å². The lowest BCUT2D eigenvalue weighted by atomic mass is 10.1. The summed E-state index contributed by atoms with van der Waals surface area (Å²) in [6.45, 7) is 4.45. The molecule has 0 aliphatic carbocycles. The summed E-state index contributed by atoms with van der Waals surface area (Å²) >= 11 is 1.33. The van der Waals surface area contributed by atoms with Gasteiger partial charge in [-0.15, -0.1) is 11.3 Å². The molecule has 0 fully saturated rings. The van der Waals surface area contributed by atoms with Crippen LogP contribution in [-0.4, -0.2) is 38.2 Å². The Morgan fingerprint density at radius 1 is 1.48 bits per heavy atom. The minimum absolute atomic E-state index is 0.289. The highest BCUT2D eigenvalue weighted by atomic mass is 32.1. The largest absolute Gasteiger partial charge is 0.462 e. The van der Waals surface area contributed by atoms with Gasteiger partial charge < -0.3 is 20.5 Å². The number of methoxy groups -OCH3 is 1. The number of rotatable bonds is 8. The first-order valence-corrected chi connectivity index (χ1v) is 7.64. The molecule has 7 heteroatoms. The molecule has 0 radical (unpaired) electrons. The zero-order chi connectivity index (χ0) is 15.8. The van der Waals surface area contributed by atoms with E-state index in [1.54, 1.807) is 20.1 Å². The number of hydrogen-bond acceptors (Lipinski definition) is 6. The normalized spacial score (nSPS) is 12.0. The first kappa shape index (κ1) is 17.6. The van der Waals surface area contributed by atoms with Gasteiger partial charge in [0.1, 0.15) is 5.00 Å². The molecule has 0 aliphatic rings. The van der Waals surface area contributed by atoms with Gasteiger partial charge in [0.2, 0.25) is 5.91 Å².